The largest absolute Gasteiger partial charge is 0.381 e. The Morgan fingerprint density at radius 3 is 2.60 bits per heavy atom. The zero-order valence-corrected chi connectivity index (χ0v) is 9.74. The summed E-state index contributed by atoms with van der Waals surface area (Å²) in [6.45, 7) is 3.59. The van der Waals surface area contributed by atoms with Gasteiger partial charge in [0.25, 0.3) is 0 Å². The number of hydrogen-bond donors (Lipinski definition) is 1. The van der Waals surface area contributed by atoms with Crippen molar-refractivity contribution in [2.75, 3.05) is 20.2 Å². The van der Waals surface area contributed by atoms with Gasteiger partial charge in [-0.1, -0.05) is 0 Å². The van der Waals surface area contributed by atoms with E-state index in [1.54, 1.807) is 7.11 Å². The summed E-state index contributed by atoms with van der Waals surface area (Å²) in [6.07, 6.45) is 3.61. The van der Waals surface area contributed by atoms with Crippen LogP contribution in [0.1, 0.15) is 32.6 Å². The average Bonchev–Trinajstić information content (AvgIpc) is 2.26. The highest BCUT2D eigenvalue weighted by Crippen LogP contribution is 2.14. The molecule has 15 heavy (non-hydrogen) atoms. The van der Waals surface area contributed by atoms with E-state index in [0.29, 0.717) is 12.5 Å². The van der Waals surface area contributed by atoms with Crippen LogP contribution in [0.2, 0.25) is 0 Å². The van der Waals surface area contributed by atoms with Crippen LogP contribution in [-0.4, -0.2) is 43.2 Å². The van der Waals surface area contributed by atoms with Crippen molar-refractivity contribution in [3.8, 4) is 0 Å². The van der Waals surface area contributed by atoms with Crippen LogP contribution in [0.4, 0.5) is 0 Å². The van der Waals surface area contributed by atoms with E-state index in [2.05, 4.69) is 0 Å². The SMILES string of the molecule is COC1CCN(C(=O)CCC(C)N)CC1. The second kappa shape index (κ2) is 6.08. The topological polar surface area (TPSA) is 55.6 Å². The lowest BCUT2D eigenvalue weighted by Crippen LogP contribution is -2.40. The Hall–Kier alpha value is -0.610. The number of methoxy groups -OCH3 is 1. The van der Waals surface area contributed by atoms with Crippen LogP contribution >= 0.6 is 0 Å². The highest BCUT2D eigenvalue weighted by molar-refractivity contribution is 5.76. The molecule has 88 valence electrons. The lowest BCUT2D eigenvalue weighted by Gasteiger charge is -2.31. The van der Waals surface area contributed by atoms with Crippen LogP contribution in [0.5, 0.6) is 0 Å². The Kier molecular flexibility index (Phi) is 5.05. The molecule has 0 radical (unpaired) electrons. The van der Waals surface area contributed by atoms with Gasteiger partial charge in [0, 0.05) is 32.7 Å². The minimum atomic E-state index is 0.116. The van der Waals surface area contributed by atoms with Crippen LogP contribution in [0.25, 0.3) is 0 Å². The fourth-order valence-corrected chi connectivity index (χ4v) is 1.85. The molecule has 0 saturated carbocycles. The first kappa shape index (κ1) is 12.5. The van der Waals surface area contributed by atoms with Gasteiger partial charge >= 0.3 is 0 Å². The van der Waals surface area contributed by atoms with Crippen LogP contribution in [-0.2, 0) is 9.53 Å². The van der Waals surface area contributed by atoms with Gasteiger partial charge in [0.05, 0.1) is 6.10 Å². The lowest BCUT2D eigenvalue weighted by molar-refractivity contribution is -0.133. The molecule has 0 spiro atoms. The van der Waals surface area contributed by atoms with Gasteiger partial charge in [0.15, 0.2) is 0 Å². The molecule has 1 rings (SSSR count). The number of piperidine rings is 1. The van der Waals surface area contributed by atoms with Gasteiger partial charge in [-0.05, 0) is 26.2 Å². The third kappa shape index (κ3) is 4.18. The molecule has 0 bridgehead atoms. The van der Waals surface area contributed by atoms with Crippen molar-refractivity contribution in [3.05, 3.63) is 0 Å². The summed E-state index contributed by atoms with van der Waals surface area (Å²) < 4.78 is 5.26. The Morgan fingerprint density at radius 2 is 2.13 bits per heavy atom. The van der Waals surface area contributed by atoms with E-state index < -0.39 is 0 Å². The van der Waals surface area contributed by atoms with Gasteiger partial charge in [-0.15, -0.1) is 0 Å². The quantitative estimate of drug-likeness (QED) is 0.751. The number of nitrogens with two attached hydrogens (primary N) is 1. The van der Waals surface area contributed by atoms with Crippen molar-refractivity contribution in [1.29, 1.82) is 0 Å². The molecular weight excluding hydrogens is 192 g/mol. The van der Waals surface area contributed by atoms with Crippen molar-refractivity contribution in [2.45, 2.75) is 44.8 Å². The third-order valence-electron chi connectivity index (χ3n) is 2.94. The van der Waals surface area contributed by atoms with Gasteiger partial charge in [-0.3, -0.25) is 4.79 Å². The van der Waals surface area contributed by atoms with Gasteiger partial charge < -0.3 is 15.4 Å². The monoisotopic (exact) mass is 214 g/mol. The summed E-state index contributed by atoms with van der Waals surface area (Å²) in [7, 11) is 1.73. The van der Waals surface area contributed by atoms with Crippen LogP contribution in [0.3, 0.4) is 0 Å². The summed E-state index contributed by atoms with van der Waals surface area (Å²) in [5, 5.41) is 0. The molecule has 2 N–H and O–H groups in total. The van der Waals surface area contributed by atoms with Gasteiger partial charge in [0.1, 0.15) is 0 Å². The molecule has 4 heteroatoms. The van der Waals surface area contributed by atoms with Crippen molar-refractivity contribution in [3.63, 3.8) is 0 Å². The van der Waals surface area contributed by atoms with E-state index in [-0.39, 0.29) is 11.9 Å². The zero-order valence-electron chi connectivity index (χ0n) is 9.74. The highest BCUT2D eigenvalue weighted by atomic mass is 16.5. The number of hydrogen-bond acceptors (Lipinski definition) is 3. The second-order valence-corrected chi connectivity index (χ2v) is 4.33. The number of nitrogens with zero attached hydrogens (tertiary/aromatic N) is 1. The molecule has 1 atom stereocenters. The van der Waals surface area contributed by atoms with Crippen molar-refractivity contribution in [2.24, 2.45) is 5.73 Å². The van der Waals surface area contributed by atoms with E-state index in [1.165, 1.54) is 0 Å². The molecule has 4 nitrogen and oxygen atoms in total. The Labute approximate surface area is 91.8 Å². The molecule has 1 saturated heterocycles. The zero-order chi connectivity index (χ0) is 11.3. The average molecular weight is 214 g/mol. The maximum absolute atomic E-state index is 11.7. The maximum atomic E-state index is 11.7. The lowest BCUT2D eigenvalue weighted by atomic mass is 10.1. The van der Waals surface area contributed by atoms with E-state index in [9.17, 15) is 4.79 Å². The van der Waals surface area contributed by atoms with Gasteiger partial charge in [0.2, 0.25) is 5.91 Å². The molecule has 0 aromatic carbocycles. The first-order valence-electron chi connectivity index (χ1n) is 5.69. The molecule has 1 unspecified atom stereocenters. The molecule has 1 aliphatic rings. The number of ether oxygens (including phenoxy) is 1. The van der Waals surface area contributed by atoms with Crippen molar-refractivity contribution >= 4 is 5.91 Å². The van der Waals surface area contributed by atoms with Crippen LogP contribution < -0.4 is 5.73 Å². The summed E-state index contributed by atoms with van der Waals surface area (Å²) >= 11 is 0. The van der Waals surface area contributed by atoms with E-state index in [1.807, 2.05) is 11.8 Å². The predicted octanol–water partition coefficient (Wildman–Crippen LogP) is 0.751. The first-order chi connectivity index (χ1) is 7.13. The molecule has 0 aromatic rings. The summed E-state index contributed by atoms with van der Waals surface area (Å²) in [4.78, 5) is 13.7. The summed E-state index contributed by atoms with van der Waals surface area (Å²) in [6, 6.07) is 0.116. The Balaban J connectivity index is 2.24. The predicted molar refractivity (Wildman–Crippen MR) is 59.5 cm³/mol. The highest BCUT2D eigenvalue weighted by Gasteiger charge is 2.22. The number of carbonyl (C=O) groups excluding carboxylic acids is 1. The molecule has 1 fully saturated rings. The summed E-state index contributed by atoms with van der Waals surface area (Å²) in [5.74, 6) is 0.238. The molecule has 0 aliphatic carbocycles. The molecule has 0 aromatic heterocycles. The maximum Gasteiger partial charge on any atom is 0.222 e. The second-order valence-electron chi connectivity index (χ2n) is 4.33. The van der Waals surface area contributed by atoms with E-state index in [4.69, 9.17) is 10.5 Å². The van der Waals surface area contributed by atoms with Crippen LogP contribution in [0, 0.1) is 0 Å². The number of likely N-dealkylation sites (tertiary alicyclic amines) is 1. The van der Waals surface area contributed by atoms with Gasteiger partial charge in [-0.25, -0.2) is 0 Å². The first-order valence-corrected chi connectivity index (χ1v) is 5.69. The molecule has 1 heterocycles. The van der Waals surface area contributed by atoms with Crippen molar-refractivity contribution < 1.29 is 9.53 Å². The smallest absolute Gasteiger partial charge is 0.222 e. The van der Waals surface area contributed by atoms with E-state index in [0.717, 1.165) is 32.4 Å². The molecular formula is C11H22N2O2. The Bertz CT molecular complexity index is 199. The normalized spacial score (nSPS) is 20.3. The number of amides is 1. The number of carbonyl (C=O) groups is 1. The number of rotatable bonds is 4. The van der Waals surface area contributed by atoms with E-state index >= 15 is 0 Å². The molecule has 1 aliphatic heterocycles. The van der Waals surface area contributed by atoms with Gasteiger partial charge in [-0.2, -0.15) is 0 Å². The fraction of sp³-hybridized carbons (Fsp3) is 0.909. The Morgan fingerprint density at radius 1 is 1.53 bits per heavy atom. The fourth-order valence-electron chi connectivity index (χ4n) is 1.85. The van der Waals surface area contributed by atoms with Crippen molar-refractivity contribution in [1.82, 2.24) is 4.90 Å². The summed E-state index contributed by atoms with van der Waals surface area (Å²) in [5.41, 5.74) is 5.62. The molecule has 1 amide bonds. The standard InChI is InChI=1S/C11H22N2O2/c1-9(12)3-4-11(14)13-7-5-10(15-2)6-8-13/h9-10H,3-8,12H2,1-2H3. The third-order valence-corrected chi connectivity index (χ3v) is 2.94. The minimum absolute atomic E-state index is 0.116. The van der Waals surface area contributed by atoms with Crippen LogP contribution in [0.15, 0.2) is 0 Å². The minimum Gasteiger partial charge on any atom is -0.381 e.